The van der Waals surface area contributed by atoms with E-state index in [0.717, 1.165) is 60.4 Å². The quantitative estimate of drug-likeness (QED) is 0.335. The largest absolute Gasteiger partial charge is 0.388 e. The summed E-state index contributed by atoms with van der Waals surface area (Å²) in [6.45, 7) is 10.4. The standard InChI is InChI=1S/C26H26N2O.C10H18O.C3H8.C2H6O/c1-18-13-14-22(17-19(18)2)27-26(29)23-15-16-24(20-9-5-3-6-10-20)28-25(23)21-11-7-4-8-12-21;1-2-9(3-1)8-10-4-6-11-7-5-10;2*1-3-2/h4-5,7-17,24,28H,3,6H2,1-2H3,(H,27,29);9-10H,1-8H2;3H2,1-2H3;1-2H3. The van der Waals surface area contributed by atoms with Gasteiger partial charge < -0.3 is 20.1 Å². The van der Waals surface area contributed by atoms with Gasteiger partial charge in [0.2, 0.25) is 0 Å². The molecule has 2 aliphatic carbocycles. The fourth-order valence-corrected chi connectivity index (χ4v) is 5.85. The van der Waals surface area contributed by atoms with Gasteiger partial charge in [0.25, 0.3) is 5.91 Å². The van der Waals surface area contributed by atoms with Gasteiger partial charge in [0, 0.05) is 33.1 Å². The first kappa shape index (κ1) is 37.1. The average Bonchev–Trinajstić information content (AvgIpc) is 3.07. The van der Waals surface area contributed by atoms with Crippen LogP contribution in [0.2, 0.25) is 0 Å². The monoisotopic (exact) mass is 626 g/mol. The summed E-state index contributed by atoms with van der Waals surface area (Å²) in [7, 11) is 3.25. The van der Waals surface area contributed by atoms with Crippen LogP contribution in [-0.4, -0.2) is 39.4 Å². The zero-order chi connectivity index (χ0) is 33.1. The number of amides is 1. The number of nitrogens with one attached hydrogen (secondary N) is 2. The molecule has 250 valence electrons. The second-order valence-electron chi connectivity index (χ2n) is 12.8. The molecular formula is C41H58N2O3. The molecule has 1 saturated heterocycles. The second-order valence-corrected chi connectivity index (χ2v) is 12.8. The van der Waals surface area contributed by atoms with Gasteiger partial charge in [-0.05, 0) is 98.3 Å². The lowest BCUT2D eigenvalue weighted by Crippen LogP contribution is -2.33. The number of anilines is 1. The van der Waals surface area contributed by atoms with E-state index in [1.165, 1.54) is 56.1 Å². The van der Waals surface area contributed by atoms with E-state index in [0.29, 0.717) is 5.57 Å². The second kappa shape index (κ2) is 20.7. The highest BCUT2D eigenvalue weighted by Gasteiger charge is 2.24. The molecule has 1 amide bonds. The van der Waals surface area contributed by atoms with E-state index < -0.39 is 0 Å². The first-order chi connectivity index (χ1) is 22.4. The van der Waals surface area contributed by atoms with Crippen LogP contribution in [0.1, 0.15) is 88.3 Å². The number of rotatable bonds is 6. The van der Waals surface area contributed by atoms with Crippen LogP contribution < -0.4 is 10.6 Å². The van der Waals surface area contributed by atoms with Crippen LogP contribution in [0.4, 0.5) is 5.69 Å². The van der Waals surface area contributed by atoms with E-state index in [1.807, 2.05) is 54.6 Å². The summed E-state index contributed by atoms with van der Waals surface area (Å²) in [4.78, 5) is 13.1. The number of ether oxygens (including phenoxy) is 2. The third-order valence-corrected chi connectivity index (χ3v) is 8.71. The Hall–Kier alpha value is -3.41. The number of carbonyl (C=O) groups excluding carboxylic acids is 1. The molecule has 0 radical (unpaired) electrons. The predicted molar refractivity (Wildman–Crippen MR) is 195 cm³/mol. The number of hydrogen-bond donors (Lipinski definition) is 2. The first-order valence-electron chi connectivity index (χ1n) is 17.4. The number of dihydropyridines is 1. The molecule has 5 nitrogen and oxygen atoms in total. The first-order valence-corrected chi connectivity index (χ1v) is 17.4. The van der Waals surface area contributed by atoms with Gasteiger partial charge in [-0.3, -0.25) is 4.79 Å². The highest BCUT2D eigenvalue weighted by Crippen LogP contribution is 2.35. The minimum Gasteiger partial charge on any atom is -0.388 e. The Balaban J connectivity index is 0.000000278. The molecule has 0 aromatic heterocycles. The van der Waals surface area contributed by atoms with Gasteiger partial charge in [-0.2, -0.15) is 0 Å². The summed E-state index contributed by atoms with van der Waals surface area (Å²) in [5.41, 5.74) is 6.94. The van der Waals surface area contributed by atoms with Gasteiger partial charge >= 0.3 is 0 Å². The van der Waals surface area contributed by atoms with Crippen LogP contribution in [0, 0.1) is 25.7 Å². The lowest BCUT2D eigenvalue weighted by atomic mass is 9.77. The molecule has 2 aliphatic heterocycles. The SMILES string of the molecule is C1CC(CC2CCOCC2)C1.CCC.COC.Cc1ccc(NC(=O)C2=C(c3ccccc3)NC(C3=CCCC=C3)C=C2)cc1C. The van der Waals surface area contributed by atoms with Crippen molar-refractivity contribution in [2.45, 2.75) is 91.5 Å². The molecule has 1 unspecified atom stereocenters. The number of methoxy groups -OCH3 is 1. The Morgan fingerprint density at radius 1 is 0.913 bits per heavy atom. The van der Waals surface area contributed by atoms with Crippen LogP contribution >= 0.6 is 0 Å². The summed E-state index contributed by atoms with van der Waals surface area (Å²) in [5.74, 6) is 2.00. The van der Waals surface area contributed by atoms with E-state index in [4.69, 9.17) is 4.74 Å². The molecule has 4 aliphatic rings. The highest BCUT2D eigenvalue weighted by atomic mass is 16.5. The Kier molecular flexibility index (Phi) is 16.6. The third kappa shape index (κ3) is 12.1. The minimum absolute atomic E-state index is 0.0694. The Labute approximate surface area is 279 Å². The highest BCUT2D eigenvalue weighted by molar-refractivity contribution is 6.11. The van der Waals surface area contributed by atoms with Crippen molar-refractivity contribution in [3.8, 4) is 0 Å². The van der Waals surface area contributed by atoms with Gasteiger partial charge in [0.05, 0.1) is 17.3 Å². The van der Waals surface area contributed by atoms with Crippen molar-refractivity contribution >= 4 is 17.3 Å². The molecular weight excluding hydrogens is 568 g/mol. The van der Waals surface area contributed by atoms with E-state index >= 15 is 0 Å². The fraction of sp³-hybridized carbons (Fsp3) is 0.488. The van der Waals surface area contributed by atoms with E-state index in [-0.39, 0.29) is 11.9 Å². The molecule has 2 N–H and O–H groups in total. The summed E-state index contributed by atoms with van der Waals surface area (Å²) in [6, 6.07) is 16.1. The van der Waals surface area contributed by atoms with Gasteiger partial charge in [-0.1, -0.05) is 100 Å². The van der Waals surface area contributed by atoms with Crippen molar-refractivity contribution < 1.29 is 14.3 Å². The molecule has 5 heteroatoms. The van der Waals surface area contributed by atoms with Gasteiger partial charge in [0.15, 0.2) is 0 Å². The molecule has 1 saturated carbocycles. The van der Waals surface area contributed by atoms with E-state index in [9.17, 15) is 4.79 Å². The maximum Gasteiger partial charge on any atom is 0.257 e. The van der Waals surface area contributed by atoms with E-state index in [1.54, 1.807) is 14.2 Å². The number of aryl methyl sites for hydroxylation is 2. The number of carbonyl (C=O) groups is 1. The van der Waals surface area contributed by atoms with Crippen LogP contribution in [0.3, 0.4) is 0 Å². The molecule has 0 spiro atoms. The summed E-state index contributed by atoms with van der Waals surface area (Å²) < 4.78 is 9.58. The van der Waals surface area contributed by atoms with Crippen molar-refractivity contribution in [1.82, 2.24) is 5.32 Å². The molecule has 2 heterocycles. The third-order valence-electron chi connectivity index (χ3n) is 8.71. The van der Waals surface area contributed by atoms with Crippen LogP contribution in [0.5, 0.6) is 0 Å². The molecule has 2 aromatic rings. The normalized spacial score (nSPS) is 19.1. The molecule has 46 heavy (non-hydrogen) atoms. The van der Waals surface area contributed by atoms with Crippen molar-refractivity contribution in [3.63, 3.8) is 0 Å². The number of benzene rings is 2. The molecule has 0 bridgehead atoms. The Bertz CT molecular complexity index is 1310. The maximum atomic E-state index is 13.1. The number of hydrogen-bond acceptors (Lipinski definition) is 4. The van der Waals surface area contributed by atoms with Crippen molar-refractivity contribution in [2.24, 2.45) is 11.8 Å². The van der Waals surface area contributed by atoms with Gasteiger partial charge in [-0.25, -0.2) is 0 Å². The predicted octanol–water partition coefficient (Wildman–Crippen LogP) is 9.74. The Morgan fingerprint density at radius 2 is 1.59 bits per heavy atom. The van der Waals surface area contributed by atoms with Crippen molar-refractivity contribution in [3.05, 3.63) is 107 Å². The molecule has 6 rings (SSSR count). The topological polar surface area (TPSA) is 59.6 Å². The summed E-state index contributed by atoms with van der Waals surface area (Å²) >= 11 is 0. The van der Waals surface area contributed by atoms with E-state index in [2.05, 4.69) is 67.4 Å². The maximum absolute atomic E-state index is 13.1. The molecule has 1 atom stereocenters. The van der Waals surface area contributed by atoms with Crippen LogP contribution in [0.15, 0.2) is 90.1 Å². The average molecular weight is 627 g/mol. The summed E-state index contributed by atoms with van der Waals surface area (Å²) in [5, 5.41) is 6.65. The number of allylic oxidation sites excluding steroid dienone is 2. The van der Waals surface area contributed by atoms with Gasteiger partial charge in [0.1, 0.15) is 0 Å². The van der Waals surface area contributed by atoms with Gasteiger partial charge in [-0.15, -0.1) is 0 Å². The lowest BCUT2D eigenvalue weighted by Gasteiger charge is -2.31. The van der Waals surface area contributed by atoms with Crippen LogP contribution in [0.25, 0.3) is 5.70 Å². The van der Waals surface area contributed by atoms with Crippen molar-refractivity contribution in [2.75, 3.05) is 32.8 Å². The zero-order valence-electron chi connectivity index (χ0n) is 29.2. The van der Waals surface area contributed by atoms with Crippen LogP contribution in [-0.2, 0) is 14.3 Å². The van der Waals surface area contributed by atoms with Crippen molar-refractivity contribution in [1.29, 1.82) is 0 Å². The fourth-order valence-electron chi connectivity index (χ4n) is 5.85. The summed E-state index contributed by atoms with van der Waals surface area (Å²) in [6.07, 6.45) is 22.7. The molecule has 2 fully saturated rings. The minimum atomic E-state index is -0.109. The Morgan fingerprint density at radius 3 is 2.17 bits per heavy atom. The lowest BCUT2D eigenvalue weighted by molar-refractivity contribution is -0.112. The zero-order valence-corrected chi connectivity index (χ0v) is 29.2. The molecule has 2 aromatic carbocycles. The smallest absolute Gasteiger partial charge is 0.257 e.